The third-order valence-electron chi connectivity index (χ3n) is 3.62. The molecule has 0 aromatic heterocycles. The van der Waals surface area contributed by atoms with E-state index < -0.39 is 0 Å². The van der Waals surface area contributed by atoms with E-state index in [0.717, 1.165) is 11.1 Å². The largest absolute Gasteiger partial charge is 0.454 e. The Kier molecular flexibility index (Phi) is 3.78. The molecule has 0 saturated heterocycles. The van der Waals surface area contributed by atoms with E-state index in [4.69, 9.17) is 9.47 Å². The van der Waals surface area contributed by atoms with Gasteiger partial charge in [0.25, 0.3) is 5.91 Å². The van der Waals surface area contributed by atoms with Gasteiger partial charge in [0, 0.05) is 17.2 Å². The number of anilines is 1. The SMILES string of the molecule is CC(=O)c1cc2c(cc1NC(=O)c1cc(C)cc(C)c1)OCO2. The van der Waals surface area contributed by atoms with Crippen LogP contribution in [0.2, 0.25) is 0 Å². The molecule has 1 heterocycles. The maximum Gasteiger partial charge on any atom is 0.255 e. The first-order valence-electron chi connectivity index (χ1n) is 7.28. The third-order valence-corrected chi connectivity index (χ3v) is 3.62. The Bertz CT molecular complexity index is 791. The number of nitrogens with one attached hydrogen (secondary N) is 1. The Morgan fingerprint density at radius 3 is 2.17 bits per heavy atom. The zero-order valence-corrected chi connectivity index (χ0v) is 13.2. The summed E-state index contributed by atoms with van der Waals surface area (Å²) in [4.78, 5) is 24.3. The number of ketones is 1. The molecule has 0 atom stereocenters. The minimum atomic E-state index is -0.266. The molecule has 1 aliphatic rings. The number of fused-ring (bicyclic) bond motifs is 1. The van der Waals surface area contributed by atoms with Crippen molar-refractivity contribution < 1.29 is 19.1 Å². The standard InChI is InChI=1S/C18H17NO4/c1-10-4-11(2)6-13(5-10)18(21)19-15-8-17-16(22-9-23-17)7-14(15)12(3)20/h4-8H,9H2,1-3H3,(H,19,21). The number of hydrogen-bond donors (Lipinski definition) is 1. The molecule has 0 unspecified atom stereocenters. The molecule has 23 heavy (non-hydrogen) atoms. The number of Topliss-reactive ketones (excluding diaryl/α,β-unsaturated/α-hetero) is 1. The first kappa shape index (κ1) is 15.1. The summed E-state index contributed by atoms with van der Waals surface area (Å²) in [6.45, 7) is 5.43. The lowest BCUT2D eigenvalue weighted by atomic mass is 10.1. The number of aryl methyl sites for hydroxylation is 2. The van der Waals surface area contributed by atoms with E-state index in [1.807, 2.05) is 32.0 Å². The van der Waals surface area contributed by atoms with Crippen molar-refractivity contribution in [3.8, 4) is 11.5 Å². The van der Waals surface area contributed by atoms with E-state index >= 15 is 0 Å². The van der Waals surface area contributed by atoms with Crippen LogP contribution in [0.1, 0.15) is 38.8 Å². The van der Waals surface area contributed by atoms with Crippen LogP contribution < -0.4 is 14.8 Å². The first-order valence-corrected chi connectivity index (χ1v) is 7.28. The Morgan fingerprint density at radius 2 is 1.57 bits per heavy atom. The summed E-state index contributed by atoms with van der Waals surface area (Å²) in [5.74, 6) is 0.613. The lowest BCUT2D eigenvalue weighted by Crippen LogP contribution is -2.14. The van der Waals surface area contributed by atoms with E-state index in [2.05, 4.69) is 5.32 Å². The van der Waals surface area contributed by atoms with Gasteiger partial charge in [-0.05, 0) is 39.0 Å². The average molecular weight is 311 g/mol. The van der Waals surface area contributed by atoms with Gasteiger partial charge >= 0.3 is 0 Å². The van der Waals surface area contributed by atoms with Crippen molar-refractivity contribution in [1.29, 1.82) is 0 Å². The van der Waals surface area contributed by atoms with Gasteiger partial charge in [-0.2, -0.15) is 0 Å². The van der Waals surface area contributed by atoms with Crippen LogP contribution >= 0.6 is 0 Å². The van der Waals surface area contributed by atoms with Gasteiger partial charge in [0.05, 0.1) is 5.69 Å². The molecule has 5 nitrogen and oxygen atoms in total. The van der Waals surface area contributed by atoms with Gasteiger partial charge in [-0.15, -0.1) is 0 Å². The highest BCUT2D eigenvalue weighted by molar-refractivity contribution is 6.09. The number of rotatable bonds is 3. The highest BCUT2D eigenvalue weighted by Crippen LogP contribution is 2.37. The number of carbonyl (C=O) groups is 2. The fourth-order valence-corrected chi connectivity index (χ4v) is 2.64. The molecular weight excluding hydrogens is 294 g/mol. The van der Waals surface area contributed by atoms with Crippen LogP contribution in [0.4, 0.5) is 5.69 Å². The smallest absolute Gasteiger partial charge is 0.255 e. The minimum Gasteiger partial charge on any atom is -0.454 e. The monoisotopic (exact) mass is 311 g/mol. The van der Waals surface area contributed by atoms with Crippen LogP contribution in [0.3, 0.4) is 0 Å². The van der Waals surface area contributed by atoms with Gasteiger partial charge < -0.3 is 14.8 Å². The highest BCUT2D eigenvalue weighted by atomic mass is 16.7. The van der Waals surface area contributed by atoms with Gasteiger partial charge in [0.2, 0.25) is 6.79 Å². The summed E-state index contributed by atoms with van der Waals surface area (Å²) in [5.41, 5.74) is 3.38. The number of carbonyl (C=O) groups excluding carboxylic acids is 2. The van der Waals surface area contributed by atoms with Crippen molar-refractivity contribution in [2.75, 3.05) is 12.1 Å². The second-order valence-corrected chi connectivity index (χ2v) is 5.64. The van der Waals surface area contributed by atoms with Crippen LogP contribution in [0.25, 0.3) is 0 Å². The topological polar surface area (TPSA) is 64.6 Å². The Balaban J connectivity index is 1.95. The second kappa shape index (κ2) is 5.76. The van der Waals surface area contributed by atoms with Crippen molar-refractivity contribution in [3.05, 3.63) is 52.6 Å². The van der Waals surface area contributed by atoms with E-state index in [1.165, 1.54) is 6.92 Å². The molecule has 0 fully saturated rings. The van der Waals surface area contributed by atoms with Crippen molar-refractivity contribution >= 4 is 17.4 Å². The maximum atomic E-state index is 12.5. The lowest BCUT2D eigenvalue weighted by Gasteiger charge is -2.11. The highest BCUT2D eigenvalue weighted by Gasteiger charge is 2.20. The van der Waals surface area contributed by atoms with Gasteiger partial charge in [-0.3, -0.25) is 9.59 Å². The Labute approximate surface area is 134 Å². The molecule has 1 aliphatic heterocycles. The van der Waals surface area contributed by atoms with Crippen LogP contribution in [-0.4, -0.2) is 18.5 Å². The van der Waals surface area contributed by atoms with Gasteiger partial charge in [-0.25, -0.2) is 0 Å². The summed E-state index contributed by atoms with van der Waals surface area (Å²) in [5, 5.41) is 2.80. The number of hydrogen-bond acceptors (Lipinski definition) is 4. The molecule has 1 N–H and O–H groups in total. The summed E-state index contributed by atoms with van der Waals surface area (Å²) in [7, 11) is 0. The van der Waals surface area contributed by atoms with E-state index in [1.54, 1.807) is 12.1 Å². The molecule has 0 bridgehead atoms. The summed E-state index contributed by atoms with van der Waals surface area (Å²) in [6.07, 6.45) is 0. The number of benzene rings is 2. The van der Waals surface area contributed by atoms with Gasteiger partial charge in [0.1, 0.15) is 0 Å². The normalized spacial score (nSPS) is 12.1. The molecule has 0 spiro atoms. The minimum absolute atomic E-state index is 0.112. The first-order chi connectivity index (χ1) is 10.9. The van der Waals surface area contributed by atoms with Crippen molar-refractivity contribution in [3.63, 3.8) is 0 Å². The van der Waals surface area contributed by atoms with E-state index in [-0.39, 0.29) is 18.5 Å². The fraction of sp³-hybridized carbons (Fsp3) is 0.222. The molecule has 2 aromatic carbocycles. The van der Waals surface area contributed by atoms with Crippen LogP contribution in [-0.2, 0) is 0 Å². The quantitative estimate of drug-likeness (QED) is 0.881. The molecule has 1 amide bonds. The second-order valence-electron chi connectivity index (χ2n) is 5.64. The number of ether oxygens (including phenoxy) is 2. The van der Waals surface area contributed by atoms with Crippen LogP contribution in [0.15, 0.2) is 30.3 Å². The van der Waals surface area contributed by atoms with E-state index in [9.17, 15) is 9.59 Å². The third kappa shape index (κ3) is 3.04. The predicted octanol–water partition coefficient (Wildman–Crippen LogP) is 3.49. The Hall–Kier alpha value is -2.82. The van der Waals surface area contributed by atoms with Crippen molar-refractivity contribution in [2.24, 2.45) is 0 Å². The van der Waals surface area contributed by atoms with Gasteiger partial charge in [-0.1, -0.05) is 17.2 Å². The maximum absolute atomic E-state index is 12.5. The molecule has 2 aromatic rings. The molecule has 0 saturated carbocycles. The number of amides is 1. The van der Waals surface area contributed by atoms with Crippen LogP contribution in [0, 0.1) is 13.8 Å². The zero-order chi connectivity index (χ0) is 16.6. The zero-order valence-electron chi connectivity index (χ0n) is 13.2. The summed E-state index contributed by atoms with van der Waals surface area (Å²) >= 11 is 0. The molecular formula is C18H17NO4. The van der Waals surface area contributed by atoms with Gasteiger partial charge in [0.15, 0.2) is 17.3 Å². The fourth-order valence-electron chi connectivity index (χ4n) is 2.64. The Morgan fingerprint density at radius 1 is 0.957 bits per heavy atom. The van der Waals surface area contributed by atoms with Crippen molar-refractivity contribution in [2.45, 2.75) is 20.8 Å². The molecule has 5 heteroatoms. The van der Waals surface area contributed by atoms with Crippen LogP contribution in [0.5, 0.6) is 11.5 Å². The van der Waals surface area contributed by atoms with E-state index in [0.29, 0.717) is 28.3 Å². The molecule has 0 radical (unpaired) electrons. The van der Waals surface area contributed by atoms with Crippen molar-refractivity contribution in [1.82, 2.24) is 0 Å². The molecule has 3 rings (SSSR count). The average Bonchev–Trinajstić information content (AvgIpc) is 2.92. The lowest BCUT2D eigenvalue weighted by molar-refractivity contribution is 0.101. The summed E-state index contributed by atoms with van der Waals surface area (Å²) < 4.78 is 10.6. The predicted molar refractivity (Wildman–Crippen MR) is 86.4 cm³/mol. The molecule has 0 aliphatic carbocycles. The summed E-state index contributed by atoms with van der Waals surface area (Å²) in [6, 6.07) is 8.84. The molecule has 118 valence electrons.